The van der Waals surface area contributed by atoms with Gasteiger partial charge in [-0.05, 0) is 44.6 Å². The zero-order chi connectivity index (χ0) is 15.4. The highest BCUT2D eigenvalue weighted by Crippen LogP contribution is 2.30. The topological polar surface area (TPSA) is 18.5 Å². The predicted octanol–water partition coefficient (Wildman–Crippen LogP) is 3.54. The van der Waals surface area contributed by atoms with Gasteiger partial charge in [0.1, 0.15) is 0 Å². The third-order valence-corrected chi connectivity index (χ3v) is 4.87. The van der Waals surface area contributed by atoms with Gasteiger partial charge in [0, 0.05) is 31.7 Å². The van der Waals surface area contributed by atoms with E-state index in [-0.39, 0.29) is 0 Å². The molecule has 0 spiro atoms. The van der Waals surface area contributed by atoms with Gasteiger partial charge in [0.15, 0.2) is 0 Å². The number of piperazine rings is 1. The van der Waals surface area contributed by atoms with Crippen molar-refractivity contribution in [2.24, 2.45) is 0 Å². The fraction of sp³-hybridized carbons (Fsp3) is 0.647. The monoisotopic (exact) mass is 309 g/mol. The van der Waals surface area contributed by atoms with E-state index in [2.05, 4.69) is 61.1 Å². The van der Waals surface area contributed by atoms with Crippen LogP contribution in [0.15, 0.2) is 18.2 Å². The molecule has 3 nitrogen and oxygen atoms in total. The lowest BCUT2D eigenvalue weighted by Crippen LogP contribution is -2.51. The molecule has 0 bridgehead atoms. The smallest absolute Gasteiger partial charge is 0.0642 e. The van der Waals surface area contributed by atoms with Crippen molar-refractivity contribution in [3.8, 4) is 0 Å². The van der Waals surface area contributed by atoms with Gasteiger partial charge in [0.05, 0.1) is 10.7 Å². The van der Waals surface area contributed by atoms with Gasteiger partial charge >= 0.3 is 0 Å². The van der Waals surface area contributed by atoms with E-state index < -0.39 is 0 Å². The lowest BCUT2D eigenvalue weighted by molar-refractivity contribution is 0.213. The Morgan fingerprint density at radius 2 is 2.10 bits per heavy atom. The Morgan fingerprint density at radius 3 is 2.71 bits per heavy atom. The summed E-state index contributed by atoms with van der Waals surface area (Å²) in [5.41, 5.74) is 2.43. The van der Waals surface area contributed by atoms with Crippen LogP contribution in [0.2, 0.25) is 5.02 Å². The summed E-state index contributed by atoms with van der Waals surface area (Å²) in [6, 6.07) is 7.47. The molecule has 1 aromatic rings. The van der Waals surface area contributed by atoms with E-state index in [9.17, 15) is 0 Å². The molecule has 2 atom stereocenters. The van der Waals surface area contributed by atoms with Crippen molar-refractivity contribution in [3.05, 3.63) is 28.8 Å². The fourth-order valence-electron chi connectivity index (χ4n) is 3.08. The van der Waals surface area contributed by atoms with E-state index in [1.54, 1.807) is 0 Å². The number of anilines is 1. The van der Waals surface area contributed by atoms with E-state index in [1.165, 1.54) is 17.7 Å². The summed E-state index contributed by atoms with van der Waals surface area (Å²) < 4.78 is 0. The average Bonchev–Trinajstić information content (AvgIpc) is 2.48. The Labute approximate surface area is 134 Å². The third kappa shape index (κ3) is 3.91. The molecule has 1 aliphatic rings. The Balaban J connectivity index is 2.13. The lowest BCUT2D eigenvalue weighted by atomic mass is 10.1. The summed E-state index contributed by atoms with van der Waals surface area (Å²) in [5, 5.41) is 4.30. The van der Waals surface area contributed by atoms with Crippen LogP contribution in [0, 0.1) is 0 Å². The van der Waals surface area contributed by atoms with Crippen LogP contribution < -0.4 is 10.2 Å². The minimum Gasteiger partial charge on any atom is -0.367 e. The molecule has 1 heterocycles. The summed E-state index contributed by atoms with van der Waals surface area (Å²) in [5.74, 6) is 0. The SMILES string of the molecule is CCNC(C)c1ccc(N2CCN(C)C(CC)C2)c(Cl)c1. The van der Waals surface area contributed by atoms with E-state index >= 15 is 0 Å². The first kappa shape index (κ1) is 16.6. The van der Waals surface area contributed by atoms with Crippen molar-refractivity contribution < 1.29 is 0 Å². The molecule has 1 fully saturated rings. The number of likely N-dealkylation sites (N-methyl/N-ethyl adjacent to an activating group) is 1. The summed E-state index contributed by atoms with van der Waals surface area (Å²) in [4.78, 5) is 4.88. The Bertz CT molecular complexity index is 463. The summed E-state index contributed by atoms with van der Waals surface area (Å²) in [6.45, 7) is 10.7. The lowest BCUT2D eigenvalue weighted by Gasteiger charge is -2.40. The van der Waals surface area contributed by atoms with Crippen LogP contribution in [0.3, 0.4) is 0 Å². The number of nitrogens with zero attached hydrogens (tertiary/aromatic N) is 2. The van der Waals surface area contributed by atoms with E-state index in [4.69, 9.17) is 11.6 Å². The van der Waals surface area contributed by atoms with Crippen LogP contribution in [0.1, 0.15) is 38.8 Å². The quantitative estimate of drug-likeness (QED) is 0.897. The largest absolute Gasteiger partial charge is 0.367 e. The normalized spacial score (nSPS) is 21.6. The van der Waals surface area contributed by atoms with Gasteiger partial charge in [-0.25, -0.2) is 0 Å². The molecule has 2 rings (SSSR count). The number of halogens is 1. The van der Waals surface area contributed by atoms with Crippen molar-refractivity contribution in [1.82, 2.24) is 10.2 Å². The molecule has 4 heteroatoms. The van der Waals surface area contributed by atoms with Crippen molar-refractivity contribution in [3.63, 3.8) is 0 Å². The maximum absolute atomic E-state index is 6.55. The summed E-state index contributed by atoms with van der Waals surface area (Å²) >= 11 is 6.55. The van der Waals surface area contributed by atoms with Crippen LogP contribution in [0.4, 0.5) is 5.69 Å². The molecule has 0 saturated carbocycles. The minimum atomic E-state index is 0.345. The standard InChI is InChI=1S/C17H28ClN3/c1-5-15-12-21(10-9-20(15)4)17-8-7-14(11-16(17)18)13(3)19-6-2/h7-8,11,13,15,19H,5-6,9-10,12H2,1-4H3. The number of benzene rings is 1. The molecule has 1 saturated heterocycles. The predicted molar refractivity (Wildman–Crippen MR) is 92.5 cm³/mol. The van der Waals surface area contributed by atoms with Gasteiger partial charge in [0.2, 0.25) is 0 Å². The molecule has 1 aliphatic heterocycles. The van der Waals surface area contributed by atoms with Crippen molar-refractivity contribution in [2.75, 3.05) is 38.1 Å². The molecule has 1 aromatic carbocycles. The molecular formula is C17H28ClN3. The number of nitrogens with one attached hydrogen (secondary N) is 1. The molecule has 2 unspecified atom stereocenters. The molecular weight excluding hydrogens is 282 g/mol. The van der Waals surface area contributed by atoms with Crippen LogP contribution >= 0.6 is 11.6 Å². The molecule has 1 N–H and O–H groups in total. The van der Waals surface area contributed by atoms with Gasteiger partial charge < -0.3 is 10.2 Å². The Morgan fingerprint density at radius 1 is 1.33 bits per heavy atom. The van der Waals surface area contributed by atoms with Crippen LogP contribution in [-0.2, 0) is 0 Å². The highest BCUT2D eigenvalue weighted by atomic mass is 35.5. The van der Waals surface area contributed by atoms with E-state index in [0.717, 1.165) is 31.2 Å². The molecule has 0 amide bonds. The molecule has 21 heavy (non-hydrogen) atoms. The Kier molecular flexibility index (Phi) is 5.91. The van der Waals surface area contributed by atoms with Crippen molar-refractivity contribution in [2.45, 2.75) is 39.3 Å². The van der Waals surface area contributed by atoms with Gasteiger partial charge in [0.25, 0.3) is 0 Å². The summed E-state index contributed by atoms with van der Waals surface area (Å²) in [7, 11) is 2.22. The van der Waals surface area contributed by atoms with Gasteiger partial charge in [-0.15, -0.1) is 0 Å². The second kappa shape index (κ2) is 7.48. The highest BCUT2D eigenvalue weighted by molar-refractivity contribution is 6.33. The van der Waals surface area contributed by atoms with Crippen LogP contribution in [0.25, 0.3) is 0 Å². The van der Waals surface area contributed by atoms with E-state index in [1.807, 2.05) is 0 Å². The molecule has 0 aromatic heterocycles. The second-order valence-electron chi connectivity index (χ2n) is 5.98. The zero-order valence-electron chi connectivity index (χ0n) is 13.7. The maximum Gasteiger partial charge on any atom is 0.0642 e. The minimum absolute atomic E-state index is 0.345. The second-order valence-corrected chi connectivity index (χ2v) is 6.39. The van der Waals surface area contributed by atoms with Gasteiger partial charge in [-0.1, -0.05) is 31.5 Å². The first-order valence-corrected chi connectivity index (χ1v) is 8.42. The molecule has 0 radical (unpaired) electrons. The van der Waals surface area contributed by atoms with Crippen molar-refractivity contribution >= 4 is 17.3 Å². The maximum atomic E-state index is 6.55. The van der Waals surface area contributed by atoms with Crippen molar-refractivity contribution in [1.29, 1.82) is 0 Å². The highest BCUT2D eigenvalue weighted by Gasteiger charge is 2.24. The average molecular weight is 310 g/mol. The molecule has 118 valence electrons. The van der Waals surface area contributed by atoms with Crippen LogP contribution in [0.5, 0.6) is 0 Å². The zero-order valence-corrected chi connectivity index (χ0v) is 14.5. The third-order valence-electron chi connectivity index (χ3n) is 4.57. The summed E-state index contributed by atoms with van der Waals surface area (Å²) in [6.07, 6.45) is 1.18. The number of hydrogen-bond acceptors (Lipinski definition) is 3. The Hall–Kier alpha value is -0.770. The van der Waals surface area contributed by atoms with Gasteiger partial charge in [-0.3, -0.25) is 4.90 Å². The first-order valence-electron chi connectivity index (χ1n) is 8.04. The van der Waals surface area contributed by atoms with E-state index in [0.29, 0.717) is 12.1 Å². The molecule has 0 aliphatic carbocycles. The van der Waals surface area contributed by atoms with Crippen LogP contribution in [-0.4, -0.2) is 44.2 Å². The number of rotatable bonds is 5. The fourth-order valence-corrected chi connectivity index (χ4v) is 3.39. The van der Waals surface area contributed by atoms with Gasteiger partial charge in [-0.2, -0.15) is 0 Å². The number of hydrogen-bond donors (Lipinski definition) is 1. The first-order chi connectivity index (χ1) is 10.1.